The van der Waals surface area contributed by atoms with Crippen LogP contribution in [-0.4, -0.2) is 108 Å². The van der Waals surface area contributed by atoms with Crippen molar-refractivity contribution in [2.24, 2.45) is 0 Å². The molecule has 0 aliphatic carbocycles. The van der Waals surface area contributed by atoms with E-state index in [1.54, 1.807) is 0 Å². The van der Waals surface area contributed by atoms with Crippen LogP contribution in [0.2, 0.25) is 0 Å². The number of nitrogens with one attached hydrogen (secondary N) is 5. The molecule has 2 rings (SSSR count). The first-order valence-corrected chi connectivity index (χ1v) is 13.9. The third-order valence-corrected chi connectivity index (χ3v) is 6.17. The van der Waals surface area contributed by atoms with E-state index in [2.05, 4.69) is 26.6 Å². The van der Waals surface area contributed by atoms with Crippen LogP contribution in [0, 0.1) is 0 Å². The maximum Gasteiger partial charge on any atom is 0.253 e. The highest BCUT2D eigenvalue weighted by Crippen LogP contribution is 2.05. The molecule has 0 unspecified atom stereocenters. The van der Waals surface area contributed by atoms with Gasteiger partial charge in [-0.2, -0.15) is 0 Å². The van der Waals surface area contributed by atoms with E-state index in [0.29, 0.717) is 6.42 Å². The fourth-order valence-corrected chi connectivity index (χ4v) is 4.01. The smallest absolute Gasteiger partial charge is 0.253 e. The average Bonchev–Trinajstić information content (AvgIpc) is 3.45. The second kappa shape index (κ2) is 17.8. The van der Waals surface area contributed by atoms with E-state index in [4.69, 9.17) is 0 Å². The molecule has 0 radical (unpaired) electrons. The molecule has 0 saturated carbocycles. The van der Waals surface area contributed by atoms with E-state index in [1.807, 2.05) is 6.92 Å². The molecule has 0 saturated heterocycles. The standard InChI is InChI=1S/C27H37N7O9/c1-2-3-21(37)32-18(16-22(38)30-12-10-28-19(35)8-14-33-24(40)4-5-25(33)41)17-23(39)31-13-11-29-20(36)9-15-34-26(42)6-7-27(34)43/h4-7,18H,2-3,8-17H2,1H3,(H,28,35)(H,29,36)(H,30,38)(H,31,39)(H,32,37). The number of amides is 9. The Morgan fingerprint density at radius 1 is 0.558 bits per heavy atom. The predicted molar refractivity (Wildman–Crippen MR) is 149 cm³/mol. The SMILES string of the molecule is CCCC(=O)NC(CC(=O)NCCNC(=O)CCN1C(=O)C=CC1=O)CC(=O)NCCNC(=O)CCN1C(=O)C=CC1=O. The number of rotatable bonds is 19. The first-order valence-electron chi connectivity index (χ1n) is 13.9. The Hall–Kier alpha value is -4.89. The van der Waals surface area contributed by atoms with Crippen LogP contribution in [0.1, 0.15) is 45.4 Å². The van der Waals surface area contributed by atoms with E-state index in [1.165, 1.54) is 0 Å². The lowest BCUT2D eigenvalue weighted by atomic mass is 10.1. The summed E-state index contributed by atoms with van der Waals surface area (Å²) in [4.78, 5) is 109. The lowest BCUT2D eigenvalue weighted by molar-refractivity contribution is -0.139. The second-order valence-corrected chi connectivity index (χ2v) is 9.65. The Kier molecular flexibility index (Phi) is 14.2. The molecule has 0 aromatic rings. The maximum atomic E-state index is 12.4. The number of carbonyl (C=O) groups excluding carboxylic acids is 9. The Morgan fingerprint density at radius 3 is 1.26 bits per heavy atom. The predicted octanol–water partition coefficient (Wildman–Crippen LogP) is -2.85. The highest BCUT2D eigenvalue weighted by Gasteiger charge is 2.25. The van der Waals surface area contributed by atoms with E-state index in [9.17, 15) is 43.2 Å². The van der Waals surface area contributed by atoms with Gasteiger partial charge in [-0.1, -0.05) is 6.92 Å². The monoisotopic (exact) mass is 603 g/mol. The van der Waals surface area contributed by atoms with Gasteiger partial charge in [0.15, 0.2) is 0 Å². The van der Waals surface area contributed by atoms with Crippen molar-refractivity contribution in [1.82, 2.24) is 36.4 Å². The van der Waals surface area contributed by atoms with Gasteiger partial charge in [-0.15, -0.1) is 0 Å². The van der Waals surface area contributed by atoms with E-state index < -0.39 is 53.3 Å². The Morgan fingerprint density at radius 2 is 0.907 bits per heavy atom. The molecule has 2 heterocycles. The van der Waals surface area contributed by atoms with Crippen LogP contribution in [0.15, 0.2) is 24.3 Å². The first kappa shape index (κ1) is 34.3. The second-order valence-electron chi connectivity index (χ2n) is 9.65. The molecule has 234 valence electrons. The highest BCUT2D eigenvalue weighted by molar-refractivity contribution is 6.13. The minimum absolute atomic E-state index is 0.0581. The van der Waals surface area contributed by atoms with Crippen LogP contribution < -0.4 is 26.6 Å². The third-order valence-electron chi connectivity index (χ3n) is 6.17. The quantitative estimate of drug-likeness (QED) is 0.0756. The van der Waals surface area contributed by atoms with Gasteiger partial charge in [0.25, 0.3) is 23.6 Å². The lowest BCUT2D eigenvalue weighted by Gasteiger charge is -2.18. The summed E-state index contributed by atoms with van der Waals surface area (Å²) in [6.45, 7) is 2.02. The summed E-state index contributed by atoms with van der Waals surface area (Å²) < 4.78 is 0. The zero-order valence-electron chi connectivity index (χ0n) is 23.9. The third kappa shape index (κ3) is 12.7. The Bertz CT molecular complexity index is 1070. The molecule has 0 bridgehead atoms. The fraction of sp³-hybridized carbons (Fsp3) is 0.519. The summed E-state index contributed by atoms with van der Waals surface area (Å²) in [7, 11) is 0. The minimum Gasteiger partial charge on any atom is -0.354 e. The molecule has 9 amide bonds. The van der Waals surface area contributed by atoms with Gasteiger partial charge in [0.2, 0.25) is 29.5 Å². The Balaban J connectivity index is 1.65. The zero-order chi connectivity index (χ0) is 31.8. The summed E-state index contributed by atoms with van der Waals surface area (Å²) in [6, 6.07) is -0.795. The first-order chi connectivity index (χ1) is 20.5. The van der Waals surface area contributed by atoms with Gasteiger partial charge in [0.05, 0.1) is 0 Å². The van der Waals surface area contributed by atoms with Crippen molar-refractivity contribution in [1.29, 1.82) is 0 Å². The average molecular weight is 604 g/mol. The molecule has 0 aromatic heterocycles. The molecule has 0 spiro atoms. The molecule has 16 heteroatoms. The van der Waals surface area contributed by atoms with Crippen molar-refractivity contribution < 1.29 is 43.2 Å². The molecular formula is C27H37N7O9. The van der Waals surface area contributed by atoms with Gasteiger partial charge in [-0.25, -0.2) is 0 Å². The van der Waals surface area contributed by atoms with Gasteiger partial charge in [-0.05, 0) is 6.42 Å². The van der Waals surface area contributed by atoms with Crippen molar-refractivity contribution in [3.05, 3.63) is 24.3 Å². The number of carbonyl (C=O) groups is 9. The topological polar surface area (TPSA) is 220 Å². The maximum absolute atomic E-state index is 12.4. The number of imide groups is 2. The summed E-state index contributed by atoms with van der Waals surface area (Å²) in [6.07, 6.45) is 4.75. The molecule has 2 aliphatic rings. The van der Waals surface area contributed by atoms with Crippen LogP contribution in [-0.2, 0) is 43.2 Å². The van der Waals surface area contributed by atoms with Crippen molar-refractivity contribution in [2.75, 3.05) is 39.3 Å². The van der Waals surface area contributed by atoms with Crippen molar-refractivity contribution in [2.45, 2.75) is 51.5 Å². The molecule has 43 heavy (non-hydrogen) atoms. The molecule has 0 fully saturated rings. The van der Waals surface area contributed by atoms with E-state index in [0.717, 1.165) is 34.1 Å². The van der Waals surface area contributed by atoms with E-state index in [-0.39, 0.29) is 77.3 Å². The molecule has 0 aromatic carbocycles. The summed E-state index contributed by atoms with van der Waals surface area (Å²) >= 11 is 0. The van der Waals surface area contributed by atoms with Crippen LogP contribution in [0.4, 0.5) is 0 Å². The number of nitrogens with zero attached hydrogens (tertiary/aromatic N) is 2. The minimum atomic E-state index is -0.795. The largest absolute Gasteiger partial charge is 0.354 e. The molecule has 2 aliphatic heterocycles. The van der Waals surface area contributed by atoms with Crippen molar-refractivity contribution in [3.8, 4) is 0 Å². The van der Waals surface area contributed by atoms with Crippen molar-refractivity contribution in [3.63, 3.8) is 0 Å². The normalized spacial score (nSPS) is 14.0. The fourth-order valence-electron chi connectivity index (χ4n) is 4.01. The van der Waals surface area contributed by atoms with Crippen molar-refractivity contribution >= 4 is 53.2 Å². The number of hydrogen-bond donors (Lipinski definition) is 5. The van der Waals surface area contributed by atoms with Gasteiger partial charge < -0.3 is 26.6 Å². The number of hydrogen-bond acceptors (Lipinski definition) is 9. The van der Waals surface area contributed by atoms with E-state index >= 15 is 0 Å². The summed E-state index contributed by atoms with van der Waals surface area (Å²) in [5, 5.41) is 13.0. The van der Waals surface area contributed by atoms with Gasteiger partial charge in [-0.3, -0.25) is 53.0 Å². The lowest BCUT2D eigenvalue weighted by Crippen LogP contribution is -2.44. The zero-order valence-corrected chi connectivity index (χ0v) is 23.9. The van der Waals surface area contributed by atoms with Crippen LogP contribution in [0.5, 0.6) is 0 Å². The van der Waals surface area contributed by atoms with Crippen LogP contribution in [0.3, 0.4) is 0 Å². The molecule has 5 N–H and O–H groups in total. The molecular weight excluding hydrogens is 566 g/mol. The molecule has 0 atom stereocenters. The highest BCUT2D eigenvalue weighted by atomic mass is 16.2. The van der Waals surface area contributed by atoms with Gasteiger partial charge >= 0.3 is 0 Å². The Labute approximate surface area is 248 Å². The van der Waals surface area contributed by atoms with Crippen LogP contribution in [0.25, 0.3) is 0 Å². The van der Waals surface area contributed by atoms with Gasteiger partial charge in [0.1, 0.15) is 0 Å². The summed E-state index contributed by atoms with van der Waals surface area (Å²) in [5.41, 5.74) is 0. The molecule has 16 nitrogen and oxygen atoms in total. The summed E-state index contributed by atoms with van der Waals surface area (Å²) in [5.74, 6) is -3.97. The van der Waals surface area contributed by atoms with Crippen LogP contribution >= 0.6 is 0 Å². The van der Waals surface area contributed by atoms with Gasteiger partial charge in [0, 0.05) is 102 Å².